The molecule has 0 bridgehead atoms. The second-order valence-corrected chi connectivity index (χ2v) is 8.06. The quantitative estimate of drug-likeness (QED) is 0.830. The van der Waals surface area contributed by atoms with Crippen molar-refractivity contribution in [2.24, 2.45) is 5.92 Å². The second kappa shape index (κ2) is 9.23. The molecule has 27 heavy (non-hydrogen) atoms. The Bertz CT molecular complexity index is 659. The highest BCUT2D eigenvalue weighted by molar-refractivity contribution is 5.46. The lowest BCUT2D eigenvalue weighted by Crippen LogP contribution is -2.47. The van der Waals surface area contributed by atoms with E-state index in [2.05, 4.69) is 56.5 Å². The first-order valence-electron chi connectivity index (χ1n) is 10.6. The first kappa shape index (κ1) is 18.3. The van der Waals surface area contributed by atoms with Crippen molar-refractivity contribution in [3.8, 4) is 0 Å². The fraction of sp³-hybridized carbons (Fsp3) is 0.522. The molecule has 4 rings (SSSR count). The number of para-hydroxylation sites is 1. The molecule has 1 N–H and O–H groups in total. The molecule has 0 amide bonds. The third-order valence-electron chi connectivity index (χ3n) is 6.23. The molecule has 1 aromatic heterocycles. The molecule has 2 heterocycles. The average molecular weight is 365 g/mol. The summed E-state index contributed by atoms with van der Waals surface area (Å²) in [5.41, 5.74) is 2.54. The Balaban J connectivity index is 1.14. The van der Waals surface area contributed by atoms with Crippen LogP contribution in [0.4, 0.5) is 11.4 Å². The van der Waals surface area contributed by atoms with Gasteiger partial charge in [-0.05, 0) is 68.8 Å². The predicted molar refractivity (Wildman–Crippen MR) is 113 cm³/mol. The van der Waals surface area contributed by atoms with Gasteiger partial charge in [0.15, 0.2) is 0 Å². The van der Waals surface area contributed by atoms with Gasteiger partial charge in [-0.2, -0.15) is 0 Å². The van der Waals surface area contributed by atoms with E-state index >= 15 is 0 Å². The van der Waals surface area contributed by atoms with E-state index in [0.717, 1.165) is 24.7 Å². The van der Waals surface area contributed by atoms with E-state index in [9.17, 15) is 0 Å². The SMILES string of the molecule is c1ccc(N2CCN(CC[C@H]3CC[C@H](Nc4cccnc4)CC3)CC2)cc1. The highest BCUT2D eigenvalue weighted by Crippen LogP contribution is 2.29. The van der Waals surface area contributed by atoms with E-state index in [4.69, 9.17) is 0 Å². The largest absolute Gasteiger partial charge is 0.381 e. The summed E-state index contributed by atoms with van der Waals surface area (Å²) in [6, 6.07) is 15.6. The monoisotopic (exact) mass is 364 g/mol. The summed E-state index contributed by atoms with van der Waals surface area (Å²) in [6.45, 7) is 5.99. The Morgan fingerprint density at radius 1 is 0.889 bits per heavy atom. The van der Waals surface area contributed by atoms with Crippen molar-refractivity contribution in [2.75, 3.05) is 42.9 Å². The van der Waals surface area contributed by atoms with Gasteiger partial charge in [0.2, 0.25) is 0 Å². The van der Waals surface area contributed by atoms with Crippen molar-refractivity contribution in [2.45, 2.75) is 38.1 Å². The smallest absolute Gasteiger partial charge is 0.0528 e. The maximum absolute atomic E-state index is 4.20. The topological polar surface area (TPSA) is 31.4 Å². The lowest BCUT2D eigenvalue weighted by Gasteiger charge is -2.37. The normalized spacial score (nSPS) is 23.9. The molecule has 0 spiro atoms. The van der Waals surface area contributed by atoms with Gasteiger partial charge in [0.1, 0.15) is 0 Å². The Hall–Kier alpha value is -2.07. The maximum atomic E-state index is 4.20. The van der Waals surface area contributed by atoms with Gasteiger partial charge in [-0.3, -0.25) is 9.88 Å². The van der Waals surface area contributed by atoms with Crippen LogP contribution in [0.1, 0.15) is 32.1 Å². The molecule has 1 saturated heterocycles. The fourth-order valence-corrected chi connectivity index (χ4v) is 4.51. The van der Waals surface area contributed by atoms with Crippen molar-refractivity contribution < 1.29 is 0 Å². The van der Waals surface area contributed by atoms with Crippen LogP contribution in [0.5, 0.6) is 0 Å². The number of anilines is 2. The summed E-state index contributed by atoms with van der Waals surface area (Å²) in [5, 5.41) is 3.65. The summed E-state index contributed by atoms with van der Waals surface area (Å²) in [7, 11) is 0. The van der Waals surface area contributed by atoms with Crippen molar-refractivity contribution in [1.82, 2.24) is 9.88 Å². The van der Waals surface area contributed by atoms with Crippen LogP contribution < -0.4 is 10.2 Å². The van der Waals surface area contributed by atoms with Crippen LogP contribution >= 0.6 is 0 Å². The molecule has 1 aromatic carbocycles. The van der Waals surface area contributed by atoms with Crippen LogP contribution in [0, 0.1) is 5.92 Å². The average Bonchev–Trinajstić information content (AvgIpc) is 2.75. The van der Waals surface area contributed by atoms with E-state index in [1.807, 2.05) is 18.5 Å². The van der Waals surface area contributed by atoms with Gasteiger partial charge in [0.25, 0.3) is 0 Å². The van der Waals surface area contributed by atoms with Gasteiger partial charge in [-0.1, -0.05) is 18.2 Å². The molecule has 2 fully saturated rings. The molecule has 4 nitrogen and oxygen atoms in total. The van der Waals surface area contributed by atoms with E-state index in [0.29, 0.717) is 6.04 Å². The number of nitrogens with zero attached hydrogens (tertiary/aromatic N) is 3. The number of rotatable bonds is 6. The first-order valence-corrected chi connectivity index (χ1v) is 10.6. The predicted octanol–water partition coefficient (Wildman–Crippen LogP) is 4.26. The van der Waals surface area contributed by atoms with Gasteiger partial charge >= 0.3 is 0 Å². The number of benzene rings is 1. The number of hydrogen-bond donors (Lipinski definition) is 1. The van der Waals surface area contributed by atoms with E-state index in [1.54, 1.807) is 0 Å². The molecule has 2 aliphatic rings. The van der Waals surface area contributed by atoms with Crippen molar-refractivity contribution in [3.63, 3.8) is 0 Å². The Kier molecular flexibility index (Phi) is 6.25. The standard InChI is InChI=1S/C23H32N4/c1-2-6-23(7-3-1)27-17-15-26(16-18-27)14-12-20-8-10-21(11-9-20)25-22-5-4-13-24-19-22/h1-7,13,19-21,25H,8-12,14-18H2/t20-,21-. The Morgan fingerprint density at radius 2 is 1.67 bits per heavy atom. The number of piperazine rings is 1. The van der Waals surface area contributed by atoms with Gasteiger partial charge in [-0.25, -0.2) is 0 Å². The van der Waals surface area contributed by atoms with E-state index in [-0.39, 0.29) is 0 Å². The summed E-state index contributed by atoms with van der Waals surface area (Å²) >= 11 is 0. The minimum Gasteiger partial charge on any atom is -0.381 e. The van der Waals surface area contributed by atoms with Gasteiger partial charge < -0.3 is 10.2 Å². The fourth-order valence-electron chi connectivity index (χ4n) is 4.51. The first-order chi connectivity index (χ1) is 13.4. The Labute approximate surface area is 163 Å². The summed E-state index contributed by atoms with van der Waals surface area (Å²) < 4.78 is 0. The van der Waals surface area contributed by atoms with Gasteiger partial charge in [-0.15, -0.1) is 0 Å². The summed E-state index contributed by atoms with van der Waals surface area (Å²) in [4.78, 5) is 9.39. The number of pyridine rings is 1. The molecule has 1 saturated carbocycles. The van der Waals surface area contributed by atoms with Crippen LogP contribution in [0.3, 0.4) is 0 Å². The lowest BCUT2D eigenvalue weighted by atomic mass is 9.84. The summed E-state index contributed by atoms with van der Waals surface area (Å²) in [6.07, 6.45) is 10.4. The highest BCUT2D eigenvalue weighted by atomic mass is 15.3. The zero-order valence-corrected chi connectivity index (χ0v) is 16.3. The number of aromatic nitrogens is 1. The molecule has 1 aliphatic carbocycles. The molecule has 2 aromatic rings. The van der Waals surface area contributed by atoms with E-state index in [1.165, 1.54) is 57.4 Å². The molecule has 0 radical (unpaired) electrons. The van der Waals surface area contributed by atoms with Crippen LogP contribution in [0.15, 0.2) is 54.9 Å². The Morgan fingerprint density at radius 3 is 2.37 bits per heavy atom. The number of hydrogen-bond acceptors (Lipinski definition) is 4. The zero-order chi connectivity index (χ0) is 18.3. The third-order valence-corrected chi connectivity index (χ3v) is 6.23. The molecule has 4 heteroatoms. The minimum atomic E-state index is 0.625. The van der Waals surface area contributed by atoms with Crippen molar-refractivity contribution in [3.05, 3.63) is 54.9 Å². The van der Waals surface area contributed by atoms with Gasteiger partial charge in [0, 0.05) is 50.3 Å². The van der Waals surface area contributed by atoms with Crippen molar-refractivity contribution in [1.29, 1.82) is 0 Å². The molecule has 1 aliphatic heterocycles. The lowest BCUT2D eigenvalue weighted by molar-refractivity contribution is 0.218. The maximum Gasteiger partial charge on any atom is 0.0528 e. The van der Waals surface area contributed by atoms with Gasteiger partial charge in [0.05, 0.1) is 5.69 Å². The number of nitrogens with one attached hydrogen (secondary N) is 1. The zero-order valence-electron chi connectivity index (χ0n) is 16.3. The minimum absolute atomic E-state index is 0.625. The molecule has 144 valence electrons. The molecular weight excluding hydrogens is 332 g/mol. The third kappa shape index (κ3) is 5.23. The van der Waals surface area contributed by atoms with E-state index < -0.39 is 0 Å². The molecule has 0 unspecified atom stereocenters. The van der Waals surface area contributed by atoms with Crippen LogP contribution in [-0.4, -0.2) is 48.6 Å². The van der Waals surface area contributed by atoms with Crippen LogP contribution in [0.25, 0.3) is 0 Å². The summed E-state index contributed by atoms with van der Waals surface area (Å²) in [5.74, 6) is 0.907. The van der Waals surface area contributed by atoms with Crippen LogP contribution in [-0.2, 0) is 0 Å². The van der Waals surface area contributed by atoms with Crippen molar-refractivity contribution >= 4 is 11.4 Å². The highest BCUT2D eigenvalue weighted by Gasteiger charge is 2.23. The molecular formula is C23H32N4. The molecule has 0 atom stereocenters. The van der Waals surface area contributed by atoms with Crippen LogP contribution in [0.2, 0.25) is 0 Å². The second-order valence-electron chi connectivity index (χ2n) is 8.06.